The van der Waals surface area contributed by atoms with Crippen LogP contribution < -0.4 is 0 Å². The Balaban J connectivity index is 2.94. The standard InChI is InChI=1S/C8H18N2O4S2/c1-4-10(16(13,14)9(2)3)8-5-6-15(11,12)7-8/h8H,4-7H2,1-3H3. The summed E-state index contributed by atoms with van der Waals surface area (Å²) in [6.45, 7) is 2.01. The topological polar surface area (TPSA) is 74.8 Å². The van der Waals surface area contributed by atoms with Crippen LogP contribution in [-0.2, 0) is 20.0 Å². The Morgan fingerprint density at radius 3 is 2.19 bits per heavy atom. The third kappa shape index (κ3) is 2.73. The smallest absolute Gasteiger partial charge is 0.229 e. The second-order valence-electron chi connectivity index (χ2n) is 4.05. The van der Waals surface area contributed by atoms with E-state index in [1.165, 1.54) is 18.4 Å². The van der Waals surface area contributed by atoms with E-state index in [2.05, 4.69) is 0 Å². The lowest BCUT2D eigenvalue weighted by molar-refractivity contribution is 0.329. The van der Waals surface area contributed by atoms with Gasteiger partial charge >= 0.3 is 0 Å². The summed E-state index contributed by atoms with van der Waals surface area (Å²) in [6, 6.07) is -0.414. The molecule has 1 fully saturated rings. The van der Waals surface area contributed by atoms with Crippen molar-refractivity contribution in [3.63, 3.8) is 0 Å². The van der Waals surface area contributed by atoms with Crippen molar-refractivity contribution in [2.75, 3.05) is 32.1 Å². The minimum Gasteiger partial charge on any atom is -0.229 e. The molecule has 0 radical (unpaired) electrons. The van der Waals surface area contributed by atoms with Gasteiger partial charge in [0.1, 0.15) is 0 Å². The van der Waals surface area contributed by atoms with Crippen LogP contribution in [0.1, 0.15) is 13.3 Å². The zero-order chi connectivity index (χ0) is 12.6. The molecule has 8 heteroatoms. The van der Waals surface area contributed by atoms with Crippen molar-refractivity contribution < 1.29 is 16.8 Å². The van der Waals surface area contributed by atoms with E-state index in [9.17, 15) is 16.8 Å². The Morgan fingerprint density at radius 2 is 1.88 bits per heavy atom. The van der Waals surface area contributed by atoms with Crippen LogP contribution in [0.4, 0.5) is 0 Å². The Labute approximate surface area is 97.3 Å². The fourth-order valence-electron chi connectivity index (χ4n) is 1.82. The summed E-state index contributed by atoms with van der Waals surface area (Å²) in [5.41, 5.74) is 0. The van der Waals surface area contributed by atoms with Crippen LogP contribution in [0.2, 0.25) is 0 Å². The van der Waals surface area contributed by atoms with Gasteiger partial charge in [0.2, 0.25) is 0 Å². The van der Waals surface area contributed by atoms with E-state index in [-0.39, 0.29) is 11.5 Å². The summed E-state index contributed by atoms with van der Waals surface area (Å²) < 4.78 is 48.9. The van der Waals surface area contributed by atoms with E-state index in [1.807, 2.05) is 0 Å². The highest BCUT2D eigenvalue weighted by Gasteiger charge is 2.37. The second kappa shape index (κ2) is 4.59. The number of sulfone groups is 1. The maximum atomic E-state index is 11.9. The number of hydrogen-bond donors (Lipinski definition) is 0. The van der Waals surface area contributed by atoms with Crippen molar-refractivity contribution in [2.45, 2.75) is 19.4 Å². The molecule has 1 atom stereocenters. The van der Waals surface area contributed by atoms with Crippen molar-refractivity contribution in [3.8, 4) is 0 Å². The quantitative estimate of drug-likeness (QED) is 0.677. The lowest BCUT2D eigenvalue weighted by atomic mass is 10.3. The second-order valence-corrected chi connectivity index (χ2v) is 8.37. The molecule has 1 aliphatic heterocycles. The first-order valence-electron chi connectivity index (χ1n) is 5.10. The van der Waals surface area contributed by atoms with Crippen molar-refractivity contribution in [1.29, 1.82) is 0 Å². The van der Waals surface area contributed by atoms with Crippen LogP contribution in [0, 0.1) is 0 Å². The molecule has 0 N–H and O–H groups in total. The van der Waals surface area contributed by atoms with Gasteiger partial charge in [-0.05, 0) is 6.42 Å². The Morgan fingerprint density at radius 1 is 1.31 bits per heavy atom. The fourth-order valence-corrected chi connectivity index (χ4v) is 4.95. The zero-order valence-corrected chi connectivity index (χ0v) is 11.4. The SMILES string of the molecule is CCN(C1CCS(=O)(=O)C1)S(=O)(=O)N(C)C. The van der Waals surface area contributed by atoms with Gasteiger partial charge in [-0.1, -0.05) is 6.92 Å². The maximum Gasteiger partial charge on any atom is 0.281 e. The highest BCUT2D eigenvalue weighted by atomic mass is 32.2. The van der Waals surface area contributed by atoms with Gasteiger partial charge < -0.3 is 0 Å². The minimum atomic E-state index is -3.52. The van der Waals surface area contributed by atoms with E-state index in [1.54, 1.807) is 6.92 Å². The van der Waals surface area contributed by atoms with Gasteiger partial charge in [0, 0.05) is 26.7 Å². The molecule has 0 spiro atoms. The summed E-state index contributed by atoms with van der Waals surface area (Å²) in [5, 5.41) is 0. The molecule has 1 saturated heterocycles. The molecule has 16 heavy (non-hydrogen) atoms. The molecule has 0 aromatic carbocycles. The van der Waals surface area contributed by atoms with E-state index in [0.717, 1.165) is 4.31 Å². The Kier molecular flexibility index (Phi) is 3.99. The highest BCUT2D eigenvalue weighted by Crippen LogP contribution is 2.21. The molecule has 0 aliphatic carbocycles. The summed E-state index contributed by atoms with van der Waals surface area (Å²) in [4.78, 5) is 0. The molecular weight excluding hydrogens is 252 g/mol. The molecule has 6 nitrogen and oxygen atoms in total. The maximum absolute atomic E-state index is 11.9. The van der Waals surface area contributed by atoms with E-state index in [4.69, 9.17) is 0 Å². The van der Waals surface area contributed by atoms with Gasteiger partial charge in [-0.25, -0.2) is 8.42 Å². The molecule has 1 heterocycles. The summed E-state index contributed by atoms with van der Waals surface area (Å²) in [7, 11) is -3.69. The van der Waals surface area contributed by atoms with Crippen LogP contribution in [0.25, 0.3) is 0 Å². The largest absolute Gasteiger partial charge is 0.281 e. The number of nitrogens with zero attached hydrogens (tertiary/aromatic N) is 2. The molecule has 0 bridgehead atoms. The predicted molar refractivity (Wildman–Crippen MR) is 62.0 cm³/mol. The van der Waals surface area contributed by atoms with Gasteiger partial charge in [-0.3, -0.25) is 0 Å². The van der Waals surface area contributed by atoms with Crippen LogP contribution in [0.15, 0.2) is 0 Å². The molecular formula is C8H18N2O4S2. The lowest BCUT2D eigenvalue weighted by Gasteiger charge is -2.28. The lowest BCUT2D eigenvalue weighted by Crippen LogP contribution is -2.46. The third-order valence-corrected chi connectivity index (χ3v) is 6.51. The average molecular weight is 270 g/mol. The monoisotopic (exact) mass is 270 g/mol. The van der Waals surface area contributed by atoms with Crippen molar-refractivity contribution >= 4 is 20.0 Å². The molecule has 1 aliphatic rings. The van der Waals surface area contributed by atoms with Crippen molar-refractivity contribution in [3.05, 3.63) is 0 Å². The zero-order valence-electron chi connectivity index (χ0n) is 9.75. The Bertz CT molecular complexity index is 441. The third-order valence-electron chi connectivity index (χ3n) is 2.69. The normalized spacial score (nSPS) is 25.4. The average Bonchev–Trinajstić information content (AvgIpc) is 2.46. The number of hydrogen-bond acceptors (Lipinski definition) is 4. The summed E-state index contributed by atoms with van der Waals surface area (Å²) in [6.07, 6.45) is 0.392. The summed E-state index contributed by atoms with van der Waals surface area (Å²) in [5.74, 6) is 0.0189. The van der Waals surface area contributed by atoms with Crippen molar-refractivity contribution in [1.82, 2.24) is 8.61 Å². The summed E-state index contributed by atoms with van der Waals surface area (Å²) >= 11 is 0. The van der Waals surface area contributed by atoms with Crippen LogP contribution in [-0.4, -0.2) is 63.6 Å². The first-order chi connectivity index (χ1) is 7.20. The van der Waals surface area contributed by atoms with Crippen LogP contribution in [0.3, 0.4) is 0 Å². The van der Waals surface area contributed by atoms with Gasteiger partial charge in [0.15, 0.2) is 9.84 Å². The molecule has 1 rings (SSSR count). The van der Waals surface area contributed by atoms with Crippen LogP contribution >= 0.6 is 0 Å². The molecule has 1 unspecified atom stereocenters. The van der Waals surface area contributed by atoms with Gasteiger partial charge in [0.25, 0.3) is 10.2 Å². The minimum absolute atomic E-state index is 0.0616. The van der Waals surface area contributed by atoms with Gasteiger partial charge in [-0.2, -0.15) is 17.0 Å². The molecule has 0 saturated carbocycles. The predicted octanol–water partition coefficient (Wildman–Crippen LogP) is -0.698. The molecule has 0 aromatic rings. The first-order valence-corrected chi connectivity index (χ1v) is 8.32. The highest BCUT2D eigenvalue weighted by molar-refractivity contribution is 7.91. The van der Waals surface area contributed by atoms with Crippen LogP contribution in [0.5, 0.6) is 0 Å². The van der Waals surface area contributed by atoms with Gasteiger partial charge in [0.05, 0.1) is 11.5 Å². The Hall–Kier alpha value is -0.180. The molecule has 96 valence electrons. The number of rotatable bonds is 4. The molecule has 0 amide bonds. The van der Waals surface area contributed by atoms with Gasteiger partial charge in [-0.15, -0.1) is 0 Å². The van der Waals surface area contributed by atoms with E-state index >= 15 is 0 Å². The first kappa shape index (κ1) is 13.9. The molecule has 0 aromatic heterocycles. The fraction of sp³-hybridized carbons (Fsp3) is 1.00. The van der Waals surface area contributed by atoms with E-state index in [0.29, 0.717) is 13.0 Å². The van der Waals surface area contributed by atoms with Crippen molar-refractivity contribution in [2.24, 2.45) is 0 Å². The van der Waals surface area contributed by atoms with E-state index < -0.39 is 26.1 Å².